The van der Waals surface area contributed by atoms with Crippen LogP contribution in [0, 0.1) is 5.92 Å². The molecule has 0 radical (unpaired) electrons. The van der Waals surface area contributed by atoms with E-state index in [1.54, 1.807) is 0 Å². The van der Waals surface area contributed by atoms with Gasteiger partial charge in [-0.15, -0.1) is 0 Å². The SMILES string of the molecule is C1=CC[C@H]([C@@H]2OC[C@@H](CN3CCCCC3)O2)CC1. The van der Waals surface area contributed by atoms with Gasteiger partial charge in [0.25, 0.3) is 0 Å². The molecule has 3 atom stereocenters. The molecule has 1 aliphatic carbocycles. The molecule has 0 saturated carbocycles. The van der Waals surface area contributed by atoms with Crippen LogP contribution in [0.15, 0.2) is 12.2 Å². The first-order valence-electron chi connectivity index (χ1n) is 7.56. The predicted molar refractivity (Wildman–Crippen MR) is 71.4 cm³/mol. The quantitative estimate of drug-likeness (QED) is 0.720. The van der Waals surface area contributed by atoms with Crippen molar-refractivity contribution in [2.75, 3.05) is 26.2 Å². The second-order valence-electron chi connectivity index (χ2n) is 5.87. The van der Waals surface area contributed by atoms with Crippen molar-refractivity contribution >= 4 is 0 Å². The van der Waals surface area contributed by atoms with Crippen LogP contribution in [-0.4, -0.2) is 43.5 Å². The lowest BCUT2D eigenvalue weighted by Gasteiger charge is -2.29. The first-order valence-corrected chi connectivity index (χ1v) is 7.56. The maximum atomic E-state index is 6.11. The summed E-state index contributed by atoms with van der Waals surface area (Å²) in [5, 5.41) is 0. The Bertz CT molecular complexity index is 286. The van der Waals surface area contributed by atoms with E-state index < -0.39 is 0 Å². The van der Waals surface area contributed by atoms with Crippen molar-refractivity contribution in [2.45, 2.75) is 50.9 Å². The summed E-state index contributed by atoms with van der Waals surface area (Å²) in [6.07, 6.45) is 12.5. The highest BCUT2D eigenvalue weighted by atomic mass is 16.7. The van der Waals surface area contributed by atoms with Crippen molar-refractivity contribution < 1.29 is 9.47 Å². The molecule has 0 spiro atoms. The van der Waals surface area contributed by atoms with Crippen molar-refractivity contribution in [1.82, 2.24) is 4.90 Å². The van der Waals surface area contributed by atoms with Gasteiger partial charge >= 0.3 is 0 Å². The third-order valence-electron chi connectivity index (χ3n) is 4.38. The van der Waals surface area contributed by atoms with Gasteiger partial charge in [0.15, 0.2) is 6.29 Å². The minimum absolute atomic E-state index is 0.0599. The molecule has 2 aliphatic heterocycles. The summed E-state index contributed by atoms with van der Waals surface area (Å²) in [4.78, 5) is 2.54. The van der Waals surface area contributed by atoms with Gasteiger partial charge in [-0.3, -0.25) is 0 Å². The molecule has 3 rings (SSSR count). The Morgan fingerprint density at radius 1 is 1.11 bits per heavy atom. The Hall–Kier alpha value is -0.380. The minimum Gasteiger partial charge on any atom is -0.350 e. The number of rotatable bonds is 3. The fraction of sp³-hybridized carbons (Fsp3) is 0.867. The van der Waals surface area contributed by atoms with Crippen molar-refractivity contribution in [3.63, 3.8) is 0 Å². The maximum Gasteiger partial charge on any atom is 0.161 e. The number of nitrogens with zero attached hydrogens (tertiary/aromatic N) is 1. The summed E-state index contributed by atoms with van der Waals surface area (Å²) in [7, 11) is 0. The Morgan fingerprint density at radius 3 is 2.78 bits per heavy atom. The number of ether oxygens (including phenoxy) is 2. The van der Waals surface area contributed by atoms with E-state index in [0.717, 1.165) is 19.6 Å². The fourth-order valence-corrected chi connectivity index (χ4v) is 3.31. The van der Waals surface area contributed by atoms with Gasteiger partial charge in [-0.2, -0.15) is 0 Å². The highest BCUT2D eigenvalue weighted by Crippen LogP contribution is 2.29. The zero-order valence-electron chi connectivity index (χ0n) is 11.2. The van der Waals surface area contributed by atoms with Crippen molar-refractivity contribution in [1.29, 1.82) is 0 Å². The number of allylic oxidation sites excluding steroid dienone is 2. The predicted octanol–water partition coefficient (Wildman–Crippen LogP) is 2.57. The van der Waals surface area contributed by atoms with Gasteiger partial charge in [0.2, 0.25) is 0 Å². The van der Waals surface area contributed by atoms with E-state index in [4.69, 9.17) is 9.47 Å². The van der Waals surface area contributed by atoms with Crippen molar-refractivity contribution in [3.8, 4) is 0 Å². The molecule has 3 aliphatic rings. The van der Waals surface area contributed by atoms with Gasteiger partial charge < -0.3 is 14.4 Å². The lowest BCUT2D eigenvalue weighted by Crippen LogP contribution is -2.37. The second kappa shape index (κ2) is 6.18. The van der Waals surface area contributed by atoms with Crippen LogP contribution in [0.5, 0.6) is 0 Å². The molecule has 0 bridgehead atoms. The van der Waals surface area contributed by atoms with Crippen LogP contribution < -0.4 is 0 Å². The molecule has 0 aromatic carbocycles. The van der Waals surface area contributed by atoms with Gasteiger partial charge in [0.1, 0.15) is 0 Å². The van der Waals surface area contributed by atoms with Crippen molar-refractivity contribution in [2.24, 2.45) is 5.92 Å². The first-order chi connectivity index (χ1) is 8.92. The topological polar surface area (TPSA) is 21.7 Å². The van der Waals surface area contributed by atoms with Gasteiger partial charge in [0.05, 0.1) is 12.7 Å². The molecule has 3 heteroatoms. The van der Waals surface area contributed by atoms with E-state index >= 15 is 0 Å². The molecule has 18 heavy (non-hydrogen) atoms. The Morgan fingerprint density at radius 2 is 2.00 bits per heavy atom. The lowest BCUT2D eigenvalue weighted by molar-refractivity contribution is -0.101. The highest BCUT2D eigenvalue weighted by molar-refractivity contribution is 4.92. The smallest absolute Gasteiger partial charge is 0.161 e. The van der Waals surface area contributed by atoms with E-state index in [2.05, 4.69) is 17.1 Å². The van der Waals surface area contributed by atoms with Crippen LogP contribution in [0.4, 0.5) is 0 Å². The summed E-state index contributed by atoms with van der Waals surface area (Å²) in [5.41, 5.74) is 0. The van der Waals surface area contributed by atoms with Crippen LogP contribution in [0.3, 0.4) is 0 Å². The molecule has 2 heterocycles. The summed E-state index contributed by atoms with van der Waals surface area (Å²) >= 11 is 0. The van der Waals surface area contributed by atoms with Crippen LogP contribution in [0.2, 0.25) is 0 Å². The summed E-state index contributed by atoms with van der Waals surface area (Å²) < 4.78 is 12.0. The molecule has 102 valence electrons. The van der Waals surface area contributed by atoms with Gasteiger partial charge in [0, 0.05) is 12.5 Å². The third kappa shape index (κ3) is 3.14. The summed E-state index contributed by atoms with van der Waals surface area (Å²) in [5.74, 6) is 0.585. The van der Waals surface area contributed by atoms with Crippen molar-refractivity contribution in [3.05, 3.63) is 12.2 Å². The molecule has 3 nitrogen and oxygen atoms in total. The molecule has 0 aromatic rings. The fourth-order valence-electron chi connectivity index (χ4n) is 3.31. The van der Waals surface area contributed by atoms with Crippen LogP contribution >= 0.6 is 0 Å². The molecular formula is C15H25NO2. The molecular weight excluding hydrogens is 226 g/mol. The standard InChI is InChI=1S/C15H25NO2/c1-3-7-13(8-4-1)15-17-12-14(18-15)11-16-9-5-2-6-10-16/h1,3,13-15H,2,4-12H2/t13-,14+,15+/m0/s1. The Labute approximate surface area is 110 Å². The highest BCUT2D eigenvalue weighted by Gasteiger charge is 2.33. The monoisotopic (exact) mass is 251 g/mol. The van der Waals surface area contributed by atoms with Crippen LogP contribution in [0.1, 0.15) is 38.5 Å². The molecule has 2 fully saturated rings. The third-order valence-corrected chi connectivity index (χ3v) is 4.38. The molecule has 2 saturated heterocycles. The lowest BCUT2D eigenvalue weighted by atomic mass is 9.94. The number of piperidine rings is 1. The van der Waals surface area contributed by atoms with E-state index in [1.807, 2.05) is 0 Å². The van der Waals surface area contributed by atoms with Crippen LogP contribution in [-0.2, 0) is 9.47 Å². The zero-order chi connectivity index (χ0) is 12.2. The molecule has 0 amide bonds. The first kappa shape index (κ1) is 12.6. The van der Waals surface area contributed by atoms with E-state index in [9.17, 15) is 0 Å². The van der Waals surface area contributed by atoms with Gasteiger partial charge in [-0.05, 0) is 45.2 Å². The number of likely N-dealkylation sites (tertiary alicyclic amines) is 1. The summed E-state index contributed by atoms with van der Waals surface area (Å²) in [6.45, 7) is 4.35. The van der Waals surface area contributed by atoms with E-state index in [-0.39, 0.29) is 6.29 Å². The average molecular weight is 251 g/mol. The number of hydrogen-bond acceptors (Lipinski definition) is 3. The van der Waals surface area contributed by atoms with E-state index in [1.165, 1.54) is 45.2 Å². The van der Waals surface area contributed by atoms with E-state index in [0.29, 0.717) is 12.0 Å². The largest absolute Gasteiger partial charge is 0.350 e. The minimum atomic E-state index is 0.0599. The van der Waals surface area contributed by atoms with Gasteiger partial charge in [-0.25, -0.2) is 0 Å². The van der Waals surface area contributed by atoms with Crippen LogP contribution in [0.25, 0.3) is 0 Å². The Balaban J connectivity index is 1.44. The number of hydrogen-bond donors (Lipinski definition) is 0. The molecule has 0 N–H and O–H groups in total. The summed E-state index contributed by atoms with van der Waals surface area (Å²) in [6, 6.07) is 0. The molecule has 0 aromatic heterocycles. The zero-order valence-corrected chi connectivity index (χ0v) is 11.2. The second-order valence-corrected chi connectivity index (χ2v) is 5.87. The van der Waals surface area contributed by atoms with Gasteiger partial charge in [-0.1, -0.05) is 18.6 Å². The average Bonchev–Trinajstić information content (AvgIpc) is 2.89. The maximum absolute atomic E-state index is 6.11. The normalized spacial score (nSPS) is 38.1. The molecule has 0 unspecified atom stereocenters. The Kier molecular flexibility index (Phi) is 4.34.